The molecule has 41 heavy (non-hydrogen) atoms. The summed E-state index contributed by atoms with van der Waals surface area (Å²) in [5.41, 5.74) is 3.48. The molecule has 2 N–H and O–H groups in total. The monoisotopic (exact) mass is 559 g/mol. The Kier molecular flexibility index (Phi) is 8.60. The normalized spacial score (nSPS) is 12.5. The molecule has 1 aromatic carbocycles. The maximum atomic E-state index is 13.0. The molecule has 12 heteroatoms. The number of aliphatic carboxylic acids is 1. The van der Waals surface area contributed by atoms with Gasteiger partial charge in [-0.2, -0.15) is 0 Å². The molecule has 1 amide bonds. The van der Waals surface area contributed by atoms with Crippen molar-refractivity contribution < 1.29 is 24.2 Å². The largest absolute Gasteiger partial charge is 0.481 e. The number of carbonyl (C=O) groups excluding carboxylic acids is 1. The van der Waals surface area contributed by atoms with E-state index in [1.165, 1.54) is 12.4 Å². The molecule has 3 aromatic heterocycles. The predicted octanol–water partition coefficient (Wildman–Crippen LogP) is 5.32. The van der Waals surface area contributed by atoms with Crippen LogP contribution in [-0.2, 0) is 16.0 Å². The fraction of sp³-hybridized carbons (Fsp3) is 0.345. The van der Waals surface area contributed by atoms with E-state index in [0.29, 0.717) is 47.7 Å². The van der Waals surface area contributed by atoms with Crippen LogP contribution in [-0.4, -0.2) is 60.8 Å². The number of ether oxygens (including phenoxy) is 2. The van der Waals surface area contributed by atoms with Crippen molar-refractivity contribution in [1.29, 1.82) is 0 Å². The fourth-order valence-corrected chi connectivity index (χ4v) is 4.16. The van der Waals surface area contributed by atoms with Crippen molar-refractivity contribution in [1.82, 2.24) is 24.9 Å². The molecule has 5 rings (SSSR count). The van der Waals surface area contributed by atoms with Crippen LogP contribution in [0.3, 0.4) is 0 Å². The number of carbonyl (C=O) groups is 2. The summed E-state index contributed by atoms with van der Waals surface area (Å²) in [6, 6.07) is 5.78. The zero-order chi connectivity index (χ0) is 29.7. The molecule has 4 heterocycles. The van der Waals surface area contributed by atoms with Crippen molar-refractivity contribution in [2.75, 3.05) is 23.4 Å². The van der Waals surface area contributed by atoms with E-state index in [0.717, 1.165) is 22.1 Å². The number of pyridine rings is 1. The van der Waals surface area contributed by atoms with Crippen molar-refractivity contribution in [3.8, 4) is 17.0 Å². The van der Waals surface area contributed by atoms with Crippen molar-refractivity contribution in [2.45, 2.75) is 53.6 Å². The molecule has 0 saturated heterocycles. The molecule has 0 saturated carbocycles. The van der Waals surface area contributed by atoms with Crippen LogP contribution in [0.2, 0.25) is 0 Å². The molecule has 1 aliphatic rings. The summed E-state index contributed by atoms with van der Waals surface area (Å²) in [7, 11) is 0. The quantitative estimate of drug-likeness (QED) is 0.327. The Hall–Kier alpha value is -4.87. The lowest BCUT2D eigenvalue weighted by Gasteiger charge is -2.32. The van der Waals surface area contributed by atoms with Crippen molar-refractivity contribution >= 4 is 40.4 Å². The number of nitrogens with zero attached hydrogens (tertiary/aromatic N) is 6. The molecule has 12 nitrogen and oxygen atoms in total. The van der Waals surface area contributed by atoms with Crippen LogP contribution in [0, 0.1) is 6.92 Å². The number of nitrogens with one attached hydrogen (secondary N) is 1. The lowest BCUT2D eigenvalue weighted by atomic mass is 9.99. The second kappa shape index (κ2) is 12.1. The molecular formula is C29H33N7O5. The Balaban J connectivity index is 0.00000189. The van der Waals surface area contributed by atoms with Crippen molar-refractivity contribution in [3.63, 3.8) is 0 Å². The maximum absolute atomic E-state index is 13.0. The second-order valence-electron chi connectivity index (χ2n) is 9.99. The Morgan fingerprint density at radius 3 is 2.54 bits per heavy atom. The van der Waals surface area contributed by atoms with Gasteiger partial charge in [0.15, 0.2) is 5.82 Å². The van der Waals surface area contributed by atoms with Crippen LogP contribution in [0.4, 0.5) is 22.2 Å². The van der Waals surface area contributed by atoms with Gasteiger partial charge in [-0.25, -0.2) is 24.7 Å². The van der Waals surface area contributed by atoms with Gasteiger partial charge >= 0.3 is 12.1 Å². The number of anilines is 3. The van der Waals surface area contributed by atoms with E-state index in [-0.39, 0.29) is 6.42 Å². The van der Waals surface area contributed by atoms with Gasteiger partial charge in [0, 0.05) is 23.3 Å². The Labute approximate surface area is 237 Å². The first-order valence-corrected chi connectivity index (χ1v) is 13.3. The summed E-state index contributed by atoms with van der Waals surface area (Å²) in [4.78, 5) is 47.1. The van der Waals surface area contributed by atoms with Crippen LogP contribution >= 0.6 is 0 Å². The Bertz CT molecular complexity index is 1570. The molecule has 0 fully saturated rings. The number of carboxylic acid groups (broad SMARTS) is 1. The number of rotatable bonds is 5. The van der Waals surface area contributed by atoms with Crippen LogP contribution in [0.25, 0.3) is 22.0 Å². The zero-order valence-corrected chi connectivity index (χ0v) is 23.9. The highest BCUT2D eigenvalue weighted by Gasteiger charge is 2.31. The number of aromatic nitrogens is 5. The molecule has 4 aromatic rings. The molecule has 0 spiro atoms. The molecule has 0 bridgehead atoms. The number of hydrogen-bond acceptors (Lipinski definition) is 10. The van der Waals surface area contributed by atoms with E-state index in [1.54, 1.807) is 17.3 Å². The first kappa shape index (κ1) is 29.1. The SMILES string of the molecule is CC.Cc1c(-c2ccc3cnc(Nc4cnc(CC(=O)O)cn4)nc3c2)cnc2c1N(C(=O)OC(C)(C)C)CCO2. The van der Waals surface area contributed by atoms with Gasteiger partial charge in [0.25, 0.3) is 0 Å². The molecule has 0 atom stereocenters. The van der Waals surface area contributed by atoms with Gasteiger partial charge < -0.3 is 19.9 Å². The predicted molar refractivity (Wildman–Crippen MR) is 155 cm³/mol. The average molecular weight is 560 g/mol. The summed E-state index contributed by atoms with van der Waals surface area (Å²) in [6.07, 6.45) is 5.59. The van der Waals surface area contributed by atoms with E-state index in [1.807, 2.05) is 59.7 Å². The average Bonchev–Trinajstić information content (AvgIpc) is 2.93. The van der Waals surface area contributed by atoms with Crippen LogP contribution < -0.4 is 15.0 Å². The highest BCUT2D eigenvalue weighted by atomic mass is 16.6. The van der Waals surface area contributed by atoms with Gasteiger partial charge in [0.1, 0.15) is 17.9 Å². The first-order valence-electron chi connectivity index (χ1n) is 13.3. The number of hydrogen-bond donors (Lipinski definition) is 2. The minimum atomic E-state index is -0.979. The standard InChI is InChI=1S/C27H27N7O5.C2H6/c1-15-19(13-30-24-23(15)34(7-8-38-24)26(37)39-27(2,3)4)16-5-6-17-11-31-25(32-20(17)9-16)33-21-14-28-18(12-29-21)10-22(35)36;1-2/h5-6,9,11-14H,7-8,10H2,1-4H3,(H,35,36)(H,29,31,32,33);1-2H3. The van der Waals surface area contributed by atoms with Gasteiger partial charge in [0.2, 0.25) is 11.8 Å². The zero-order valence-electron chi connectivity index (χ0n) is 23.9. The van der Waals surface area contributed by atoms with Gasteiger partial charge in [-0.05, 0) is 44.9 Å². The molecular weight excluding hydrogens is 526 g/mol. The topological polar surface area (TPSA) is 153 Å². The third kappa shape index (κ3) is 6.83. The smallest absolute Gasteiger partial charge is 0.415 e. The van der Waals surface area contributed by atoms with Gasteiger partial charge in [-0.1, -0.05) is 26.0 Å². The van der Waals surface area contributed by atoms with E-state index < -0.39 is 17.7 Å². The third-order valence-electron chi connectivity index (χ3n) is 5.88. The summed E-state index contributed by atoms with van der Waals surface area (Å²) >= 11 is 0. The van der Waals surface area contributed by atoms with Crippen LogP contribution in [0.1, 0.15) is 45.9 Å². The van der Waals surface area contributed by atoms with E-state index in [2.05, 4.69) is 30.2 Å². The van der Waals surface area contributed by atoms with Crippen molar-refractivity contribution in [3.05, 3.63) is 54.2 Å². The summed E-state index contributed by atoms with van der Waals surface area (Å²) in [5.74, 6) is 0.105. The lowest BCUT2D eigenvalue weighted by Crippen LogP contribution is -2.42. The molecule has 214 valence electrons. The summed E-state index contributed by atoms with van der Waals surface area (Å²) in [5, 5.41) is 12.7. The first-order chi connectivity index (χ1) is 19.6. The Morgan fingerprint density at radius 1 is 1.07 bits per heavy atom. The van der Waals surface area contributed by atoms with Gasteiger partial charge in [-0.3, -0.25) is 14.7 Å². The van der Waals surface area contributed by atoms with Gasteiger partial charge in [0.05, 0.1) is 36.6 Å². The fourth-order valence-electron chi connectivity index (χ4n) is 4.16. The Morgan fingerprint density at radius 2 is 1.85 bits per heavy atom. The van der Waals surface area contributed by atoms with Crippen LogP contribution in [0.15, 0.2) is 43.0 Å². The lowest BCUT2D eigenvalue weighted by molar-refractivity contribution is -0.136. The second-order valence-corrected chi connectivity index (χ2v) is 9.99. The maximum Gasteiger partial charge on any atom is 0.415 e. The van der Waals surface area contributed by atoms with Crippen molar-refractivity contribution in [2.24, 2.45) is 0 Å². The number of carboxylic acids is 1. The van der Waals surface area contributed by atoms with E-state index in [9.17, 15) is 9.59 Å². The van der Waals surface area contributed by atoms with E-state index in [4.69, 9.17) is 14.6 Å². The minimum absolute atomic E-state index is 0.207. The number of amides is 1. The summed E-state index contributed by atoms with van der Waals surface area (Å²) < 4.78 is 11.4. The highest BCUT2D eigenvalue weighted by molar-refractivity contribution is 5.94. The number of fused-ring (bicyclic) bond motifs is 2. The van der Waals surface area contributed by atoms with Gasteiger partial charge in [-0.15, -0.1) is 0 Å². The van der Waals surface area contributed by atoms with Crippen LogP contribution in [0.5, 0.6) is 5.88 Å². The molecule has 0 radical (unpaired) electrons. The van der Waals surface area contributed by atoms with E-state index >= 15 is 0 Å². The highest BCUT2D eigenvalue weighted by Crippen LogP contribution is 2.39. The third-order valence-corrected chi connectivity index (χ3v) is 5.88. The molecule has 0 unspecified atom stereocenters. The molecule has 1 aliphatic heterocycles. The number of benzene rings is 1. The minimum Gasteiger partial charge on any atom is -0.481 e. The molecule has 0 aliphatic carbocycles. The summed E-state index contributed by atoms with van der Waals surface area (Å²) in [6.45, 7) is 12.1.